The summed E-state index contributed by atoms with van der Waals surface area (Å²) >= 11 is 1.67. The number of ether oxygens (including phenoxy) is 1. The first-order chi connectivity index (χ1) is 10.1. The van der Waals surface area contributed by atoms with E-state index in [2.05, 4.69) is 10.1 Å². The van der Waals surface area contributed by atoms with Crippen molar-refractivity contribution in [2.75, 3.05) is 5.32 Å². The molecule has 1 heterocycles. The summed E-state index contributed by atoms with van der Waals surface area (Å²) in [7, 11) is 0. The zero-order chi connectivity index (χ0) is 15.1. The number of amides is 1. The third-order valence-corrected chi connectivity index (χ3v) is 3.69. The summed E-state index contributed by atoms with van der Waals surface area (Å²) in [6, 6.07) is 10.00. The summed E-state index contributed by atoms with van der Waals surface area (Å²) in [6.07, 6.45) is 2.00. The maximum Gasteiger partial charge on any atom is 0.387 e. The van der Waals surface area contributed by atoms with E-state index < -0.39 is 6.61 Å². The minimum atomic E-state index is -2.87. The molecule has 21 heavy (non-hydrogen) atoms. The topological polar surface area (TPSA) is 38.3 Å². The van der Waals surface area contributed by atoms with Crippen molar-refractivity contribution in [1.82, 2.24) is 0 Å². The molecule has 1 aromatic heterocycles. The van der Waals surface area contributed by atoms with E-state index >= 15 is 0 Å². The van der Waals surface area contributed by atoms with Crippen LogP contribution < -0.4 is 10.1 Å². The molecule has 0 unspecified atom stereocenters. The fourth-order valence-corrected chi connectivity index (χ4v) is 2.60. The van der Waals surface area contributed by atoms with Crippen molar-refractivity contribution in [3.63, 3.8) is 0 Å². The summed E-state index contributed by atoms with van der Waals surface area (Å²) in [4.78, 5) is 13.0. The zero-order valence-electron chi connectivity index (χ0n) is 11.2. The van der Waals surface area contributed by atoms with Gasteiger partial charge in [-0.15, -0.1) is 11.3 Å². The van der Waals surface area contributed by atoms with Crippen LogP contribution in [0.2, 0.25) is 0 Å². The number of hydrogen-bond donors (Lipinski definition) is 1. The van der Waals surface area contributed by atoms with Crippen LogP contribution in [0.15, 0.2) is 41.8 Å². The highest BCUT2D eigenvalue weighted by Crippen LogP contribution is 2.19. The Morgan fingerprint density at radius 1 is 1.29 bits per heavy atom. The molecule has 0 bridgehead atoms. The lowest BCUT2D eigenvalue weighted by Crippen LogP contribution is -2.11. The standard InChI is InChI=1S/C15H15F2NO2S/c16-15(17)20-12-5-1-4-11(10-12)18-14(19)8-2-6-13-7-3-9-21-13/h1,3-5,7,9-10,15H,2,6,8H2,(H,18,19). The molecule has 1 amide bonds. The number of hydrogen-bond acceptors (Lipinski definition) is 3. The van der Waals surface area contributed by atoms with Crippen LogP contribution in [0.25, 0.3) is 0 Å². The highest BCUT2D eigenvalue weighted by atomic mass is 32.1. The first-order valence-corrected chi connectivity index (χ1v) is 7.38. The van der Waals surface area contributed by atoms with E-state index in [9.17, 15) is 13.6 Å². The maximum absolute atomic E-state index is 12.1. The molecule has 3 nitrogen and oxygen atoms in total. The molecular weight excluding hydrogens is 296 g/mol. The van der Waals surface area contributed by atoms with Crippen molar-refractivity contribution in [1.29, 1.82) is 0 Å². The van der Waals surface area contributed by atoms with Gasteiger partial charge in [-0.3, -0.25) is 4.79 Å². The van der Waals surface area contributed by atoms with Gasteiger partial charge in [-0.2, -0.15) is 8.78 Å². The van der Waals surface area contributed by atoms with Crippen LogP contribution >= 0.6 is 11.3 Å². The van der Waals surface area contributed by atoms with Crippen molar-refractivity contribution >= 4 is 22.9 Å². The van der Waals surface area contributed by atoms with Gasteiger partial charge in [-0.25, -0.2) is 0 Å². The van der Waals surface area contributed by atoms with E-state index in [0.29, 0.717) is 12.1 Å². The van der Waals surface area contributed by atoms with Crippen molar-refractivity contribution in [2.45, 2.75) is 25.9 Å². The summed E-state index contributed by atoms with van der Waals surface area (Å²) in [6.45, 7) is -2.87. The Kier molecular flexibility index (Phi) is 5.68. The Labute approximate surface area is 125 Å². The molecular formula is C15H15F2NO2S. The number of nitrogens with one attached hydrogen (secondary N) is 1. The van der Waals surface area contributed by atoms with Crippen LogP contribution in [0, 0.1) is 0 Å². The predicted molar refractivity (Wildman–Crippen MR) is 79.0 cm³/mol. The van der Waals surface area contributed by atoms with Crippen LogP contribution in [0.3, 0.4) is 0 Å². The van der Waals surface area contributed by atoms with Gasteiger partial charge in [0.15, 0.2) is 0 Å². The molecule has 0 aliphatic heterocycles. The lowest BCUT2D eigenvalue weighted by molar-refractivity contribution is -0.116. The zero-order valence-corrected chi connectivity index (χ0v) is 12.0. The maximum atomic E-state index is 12.1. The molecule has 2 rings (SSSR count). The monoisotopic (exact) mass is 311 g/mol. The normalized spacial score (nSPS) is 10.6. The molecule has 0 aliphatic carbocycles. The molecule has 0 radical (unpaired) electrons. The fourth-order valence-electron chi connectivity index (χ4n) is 1.85. The highest BCUT2D eigenvalue weighted by molar-refractivity contribution is 7.09. The second-order valence-electron chi connectivity index (χ2n) is 4.39. The Bertz CT molecular complexity index is 573. The van der Waals surface area contributed by atoms with Gasteiger partial charge in [0.1, 0.15) is 5.75 Å². The van der Waals surface area contributed by atoms with Crippen LogP contribution in [0.1, 0.15) is 17.7 Å². The van der Waals surface area contributed by atoms with Crippen LogP contribution in [0.4, 0.5) is 14.5 Å². The van der Waals surface area contributed by atoms with Gasteiger partial charge in [0.25, 0.3) is 0 Å². The highest BCUT2D eigenvalue weighted by Gasteiger charge is 2.07. The number of rotatable bonds is 7. The van der Waals surface area contributed by atoms with Gasteiger partial charge in [0.05, 0.1) is 0 Å². The van der Waals surface area contributed by atoms with Gasteiger partial charge >= 0.3 is 6.61 Å². The first-order valence-electron chi connectivity index (χ1n) is 6.50. The number of aryl methyl sites for hydroxylation is 1. The van der Waals surface area contributed by atoms with Crippen LogP contribution in [-0.4, -0.2) is 12.5 Å². The number of benzene rings is 1. The summed E-state index contributed by atoms with van der Waals surface area (Å²) in [5, 5.41) is 4.68. The van der Waals surface area contributed by atoms with Gasteiger partial charge in [0, 0.05) is 23.1 Å². The first kappa shape index (κ1) is 15.4. The van der Waals surface area contributed by atoms with Crippen molar-refractivity contribution in [3.05, 3.63) is 46.7 Å². The molecule has 0 saturated heterocycles. The predicted octanol–water partition coefficient (Wildman–Crippen LogP) is 4.31. The van der Waals surface area contributed by atoms with Gasteiger partial charge < -0.3 is 10.1 Å². The van der Waals surface area contributed by atoms with Gasteiger partial charge in [0.2, 0.25) is 5.91 Å². The lowest BCUT2D eigenvalue weighted by atomic mass is 10.2. The lowest BCUT2D eigenvalue weighted by Gasteiger charge is -2.08. The molecule has 0 saturated carbocycles. The Morgan fingerprint density at radius 2 is 2.14 bits per heavy atom. The molecule has 112 valence electrons. The molecule has 0 atom stereocenters. The molecule has 1 aromatic carbocycles. The fraction of sp³-hybridized carbons (Fsp3) is 0.267. The summed E-state index contributed by atoms with van der Waals surface area (Å²) in [5.74, 6) is -0.109. The molecule has 0 fully saturated rings. The number of thiophene rings is 1. The van der Waals surface area contributed by atoms with E-state index in [1.807, 2.05) is 17.5 Å². The molecule has 1 N–H and O–H groups in total. The SMILES string of the molecule is O=C(CCCc1cccs1)Nc1cccc(OC(F)F)c1. The van der Waals surface area contributed by atoms with Crippen LogP contribution in [0.5, 0.6) is 5.75 Å². The quantitative estimate of drug-likeness (QED) is 0.827. The second-order valence-corrected chi connectivity index (χ2v) is 5.42. The average Bonchev–Trinajstić information content (AvgIpc) is 2.91. The molecule has 0 spiro atoms. The number of halogens is 2. The number of carbonyl (C=O) groups is 1. The minimum Gasteiger partial charge on any atom is -0.435 e. The van der Waals surface area contributed by atoms with Crippen molar-refractivity contribution in [2.24, 2.45) is 0 Å². The number of anilines is 1. The third kappa shape index (κ3) is 5.51. The summed E-state index contributed by atoms with van der Waals surface area (Å²) in [5.41, 5.74) is 0.453. The molecule has 0 aliphatic rings. The van der Waals surface area contributed by atoms with E-state index in [1.165, 1.54) is 17.0 Å². The van der Waals surface area contributed by atoms with E-state index in [0.717, 1.165) is 12.8 Å². The smallest absolute Gasteiger partial charge is 0.387 e. The molecule has 6 heteroatoms. The number of alkyl halides is 2. The second kappa shape index (κ2) is 7.73. The average molecular weight is 311 g/mol. The Balaban J connectivity index is 1.79. The summed E-state index contributed by atoms with van der Waals surface area (Å²) < 4.78 is 28.5. The van der Waals surface area contributed by atoms with Crippen molar-refractivity contribution in [3.8, 4) is 5.75 Å². The Morgan fingerprint density at radius 3 is 2.86 bits per heavy atom. The largest absolute Gasteiger partial charge is 0.435 e. The van der Waals surface area contributed by atoms with Crippen LogP contribution in [-0.2, 0) is 11.2 Å². The Hall–Kier alpha value is -1.95. The van der Waals surface area contributed by atoms with Crippen molar-refractivity contribution < 1.29 is 18.3 Å². The van der Waals surface area contributed by atoms with E-state index in [1.54, 1.807) is 23.5 Å². The van der Waals surface area contributed by atoms with Gasteiger partial charge in [-0.05, 0) is 36.4 Å². The minimum absolute atomic E-state index is 0.0291. The van der Waals surface area contributed by atoms with E-state index in [4.69, 9.17) is 0 Å². The molecule has 2 aromatic rings. The van der Waals surface area contributed by atoms with E-state index in [-0.39, 0.29) is 11.7 Å². The number of carbonyl (C=O) groups excluding carboxylic acids is 1. The van der Waals surface area contributed by atoms with Gasteiger partial charge in [-0.1, -0.05) is 12.1 Å². The third-order valence-electron chi connectivity index (χ3n) is 2.75.